The van der Waals surface area contributed by atoms with Gasteiger partial charge in [0, 0.05) is 36.7 Å². The molecule has 36 heavy (non-hydrogen) atoms. The second-order valence-corrected chi connectivity index (χ2v) is 11.4. The fourth-order valence-corrected chi connectivity index (χ4v) is 6.55. The smallest absolute Gasteiger partial charge is 0.348 e. The van der Waals surface area contributed by atoms with E-state index >= 15 is 0 Å². The van der Waals surface area contributed by atoms with Crippen LogP contribution in [0.15, 0.2) is 45.7 Å². The molecule has 3 aromatic rings. The lowest BCUT2D eigenvalue weighted by Gasteiger charge is -2.39. The topological polar surface area (TPSA) is 79.6 Å². The summed E-state index contributed by atoms with van der Waals surface area (Å²) in [7, 11) is 0. The van der Waals surface area contributed by atoms with E-state index in [1.807, 2.05) is 17.0 Å². The van der Waals surface area contributed by atoms with Crippen molar-refractivity contribution in [1.82, 2.24) is 9.88 Å². The standard InChI is InChI=1S/C24H22BrF3N4O3S/c25-17-3-1-15(2-4-17)13-30-8-5-23(14-30)6-9-31(10-7-23)22-29-21(33)18-11-16(24(26,27)28)12-19(32(34)35)20(18)36-22/h1-4,11-12H,5-10,13-14H2. The number of likely N-dealkylation sites (tertiary alicyclic amines) is 1. The molecule has 2 aliphatic rings. The molecule has 0 unspecified atom stereocenters. The summed E-state index contributed by atoms with van der Waals surface area (Å²) >= 11 is 4.37. The molecule has 2 saturated heterocycles. The van der Waals surface area contributed by atoms with Crippen LogP contribution in [0, 0.1) is 15.5 Å². The lowest BCUT2D eigenvalue weighted by Crippen LogP contribution is -2.42. The van der Waals surface area contributed by atoms with Gasteiger partial charge in [0.2, 0.25) is 0 Å². The summed E-state index contributed by atoms with van der Waals surface area (Å²) in [4.78, 5) is 31.7. The minimum absolute atomic E-state index is 0.0789. The highest BCUT2D eigenvalue weighted by atomic mass is 79.9. The third-order valence-electron chi connectivity index (χ3n) is 7.15. The third kappa shape index (κ3) is 4.98. The Morgan fingerprint density at radius 3 is 2.42 bits per heavy atom. The summed E-state index contributed by atoms with van der Waals surface area (Å²) in [6, 6.07) is 9.45. The maximum atomic E-state index is 13.2. The first-order valence-electron chi connectivity index (χ1n) is 11.5. The molecule has 5 rings (SSSR count). The van der Waals surface area contributed by atoms with Gasteiger partial charge in [-0.05, 0) is 55.0 Å². The average molecular weight is 583 g/mol. The Kier molecular flexibility index (Phi) is 6.54. The van der Waals surface area contributed by atoms with Gasteiger partial charge in [-0.3, -0.25) is 19.8 Å². The highest BCUT2D eigenvalue weighted by Gasteiger charge is 2.41. The molecular formula is C24H22BrF3N4O3S. The molecule has 12 heteroatoms. The SMILES string of the molecule is O=c1nc(N2CCC3(CCN(Cc4ccc(Br)cc4)C3)CC2)sc2c([N+](=O)[O-])cc(C(F)(F)F)cc12. The molecule has 0 saturated carbocycles. The number of nitrogens with zero attached hydrogens (tertiary/aromatic N) is 4. The van der Waals surface area contributed by atoms with E-state index in [1.165, 1.54) is 5.56 Å². The number of benzene rings is 2. The van der Waals surface area contributed by atoms with Crippen molar-refractivity contribution in [3.63, 3.8) is 0 Å². The Balaban J connectivity index is 1.33. The molecule has 1 spiro atoms. The number of anilines is 1. The number of piperidine rings is 1. The quantitative estimate of drug-likeness (QED) is 0.284. The summed E-state index contributed by atoms with van der Waals surface area (Å²) in [5.74, 6) is 0. The van der Waals surface area contributed by atoms with Gasteiger partial charge in [-0.25, -0.2) is 0 Å². The minimum Gasteiger partial charge on any atom is -0.348 e. The van der Waals surface area contributed by atoms with Crippen molar-refractivity contribution in [2.45, 2.75) is 32.0 Å². The number of alkyl halides is 3. The molecule has 0 atom stereocenters. The predicted molar refractivity (Wildman–Crippen MR) is 135 cm³/mol. The number of halogens is 4. The Bertz CT molecular complexity index is 1370. The fourth-order valence-electron chi connectivity index (χ4n) is 5.17. The van der Waals surface area contributed by atoms with Crippen molar-refractivity contribution in [2.24, 2.45) is 5.41 Å². The lowest BCUT2D eigenvalue weighted by molar-refractivity contribution is -0.383. The van der Waals surface area contributed by atoms with Crippen LogP contribution in [0.4, 0.5) is 24.0 Å². The van der Waals surface area contributed by atoms with Crippen molar-refractivity contribution in [2.75, 3.05) is 31.1 Å². The van der Waals surface area contributed by atoms with E-state index < -0.39 is 27.9 Å². The van der Waals surface area contributed by atoms with Crippen LogP contribution in [0.2, 0.25) is 0 Å². The van der Waals surface area contributed by atoms with Gasteiger partial charge >= 0.3 is 6.18 Å². The molecule has 0 N–H and O–H groups in total. The molecule has 2 aromatic carbocycles. The number of non-ortho nitro benzene ring substituents is 1. The molecule has 2 fully saturated rings. The molecular weight excluding hydrogens is 561 g/mol. The summed E-state index contributed by atoms with van der Waals surface area (Å²) in [5.41, 5.74) is -1.41. The summed E-state index contributed by atoms with van der Waals surface area (Å²) in [6.45, 7) is 4.13. The van der Waals surface area contributed by atoms with Gasteiger partial charge in [0.1, 0.15) is 4.70 Å². The van der Waals surface area contributed by atoms with E-state index in [2.05, 4.69) is 37.9 Å². The average Bonchev–Trinajstić information content (AvgIpc) is 3.21. The van der Waals surface area contributed by atoms with Gasteiger partial charge in [-0.1, -0.05) is 39.4 Å². The number of aromatic nitrogens is 1. The fraction of sp³-hybridized carbons (Fsp3) is 0.417. The van der Waals surface area contributed by atoms with Crippen LogP contribution in [-0.4, -0.2) is 41.0 Å². The van der Waals surface area contributed by atoms with Crippen LogP contribution in [0.25, 0.3) is 10.1 Å². The second-order valence-electron chi connectivity index (χ2n) is 9.50. The van der Waals surface area contributed by atoms with Crippen molar-refractivity contribution in [1.29, 1.82) is 0 Å². The summed E-state index contributed by atoms with van der Waals surface area (Å²) in [6.07, 6.45) is -1.95. The summed E-state index contributed by atoms with van der Waals surface area (Å²) < 4.78 is 40.6. The molecule has 0 aliphatic carbocycles. The molecule has 1 aromatic heterocycles. The van der Waals surface area contributed by atoms with Crippen LogP contribution in [0.5, 0.6) is 0 Å². The molecule has 0 bridgehead atoms. The van der Waals surface area contributed by atoms with Crippen LogP contribution in [-0.2, 0) is 12.7 Å². The number of fused-ring (bicyclic) bond motifs is 1. The zero-order valence-electron chi connectivity index (χ0n) is 19.1. The zero-order chi connectivity index (χ0) is 25.7. The Morgan fingerprint density at radius 2 is 1.78 bits per heavy atom. The van der Waals surface area contributed by atoms with Crippen LogP contribution >= 0.6 is 27.3 Å². The summed E-state index contributed by atoms with van der Waals surface area (Å²) in [5, 5.41) is 11.5. The van der Waals surface area contributed by atoms with Gasteiger partial charge in [-0.2, -0.15) is 18.2 Å². The minimum atomic E-state index is -4.80. The number of nitro groups is 1. The van der Waals surface area contributed by atoms with E-state index in [-0.39, 0.29) is 15.5 Å². The third-order valence-corrected chi connectivity index (χ3v) is 8.84. The van der Waals surface area contributed by atoms with Gasteiger partial charge < -0.3 is 4.90 Å². The first-order valence-corrected chi connectivity index (χ1v) is 13.1. The lowest BCUT2D eigenvalue weighted by atomic mass is 9.78. The van der Waals surface area contributed by atoms with Crippen molar-refractivity contribution in [3.8, 4) is 0 Å². The molecule has 3 heterocycles. The molecule has 7 nitrogen and oxygen atoms in total. The monoisotopic (exact) mass is 582 g/mol. The number of hydrogen-bond donors (Lipinski definition) is 0. The van der Waals surface area contributed by atoms with Gasteiger partial charge in [0.05, 0.1) is 15.9 Å². The van der Waals surface area contributed by atoms with Gasteiger partial charge in [-0.15, -0.1) is 0 Å². The molecule has 190 valence electrons. The van der Waals surface area contributed by atoms with E-state index in [4.69, 9.17) is 0 Å². The largest absolute Gasteiger partial charge is 0.416 e. The van der Waals surface area contributed by atoms with Crippen molar-refractivity contribution >= 4 is 48.2 Å². The predicted octanol–water partition coefficient (Wildman–Crippen LogP) is 5.84. The zero-order valence-corrected chi connectivity index (χ0v) is 21.5. The first-order chi connectivity index (χ1) is 17.0. The Labute approximate surface area is 216 Å². The highest BCUT2D eigenvalue weighted by Crippen LogP contribution is 2.43. The maximum Gasteiger partial charge on any atom is 0.416 e. The molecule has 0 amide bonds. The normalized spacial score (nSPS) is 18.3. The second kappa shape index (κ2) is 9.38. The van der Waals surface area contributed by atoms with Crippen LogP contribution in [0.3, 0.4) is 0 Å². The van der Waals surface area contributed by atoms with E-state index in [1.54, 1.807) is 0 Å². The first kappa shape index (κ1) is 25.1. The molecule has 0 radical (unpaired) electrons. The van der Waals surface area contributed by atoms with Crippen LogP contribution in [0.1, 0.15) is 30.4 Å². The number of rotatable bonds is 4. The highest BCUT2D eigenvalue weighted by molar-refractivity contribution is 9.10. The maximum absolute atomic E-state index is 13.2. The van der Waals surface area contributed by atoms with E-state index in [9.17, 15) is 28.1 Å². The van der Waals surface area contributed by atoms with E-state index in [0.29, 0.717) is 30.4 Å². The number of nitro benzene ring substituents is 1. The van der Waals surface area contributed by atoms with Crippen molar-refractivity contribution < 1.29 is 18.1 Å². The number of hydrogen-bond acceptors (Lipinski definition) is 7. The Morgan fingerprint density at radius 1 is 1.11 bits per heavy atom. The van der Waals surface area contributed by atoms with Crippen molar-refractivity contribution in [3.05, 3.63) is 72.5 Å². The van der Waals surface area contributed by atoms with E-state index in [0.717, 1.165) is 54.7 Å². The van der Waals surface area contributed by atoms with Crippen LogP contribution < -0.4 is 10.5 Å². The Hall–Kier alpha value is -2.57. The molecule has 2 aliphatic heterocycles. The van der Waals surface area contributed by atoms with Gasteiger partial charge in [0.15, 0.2) is 5.13 Å². The van der Waals surface area contributed by atoms with Gasteiger partial charge in [0.25, 0.3) is 11.2 Å².